The number of aryl methyl sites for hydroxylation is 1. The van der Waals surface area contributed by atoms with Crippen LogP contribution in [0.4, 0.5) is 5.82 Å². The lowest BCUT2D eigenvalue weighted by Crippen LogP contribution is -2.44. The van der Waals surface area contributed by atoms with E-state index in [1.807, 2.05) is 26.1 Å². The summed E-state index contributed by atoms with van der Waals surface area (Å²) in [6, 6.07) is 12.4. The van der Waals surface area contributed by atoms with Gasteiger partial charge in [-0.1, -0.05) is 12.1 Å². The van der Waals surface area contributed by atoms with Gasteiger partial charge in [0.2, 0.25) is 0 Å². The third-order valence-electron chi connectivity index (χ3n) is 8.14. The monoisotopic (exact) mass is 559 g/mol. The fourth-order valence-corrected chi connectivity index (χ4v) is 6.46. The van der Waals surface area contributed by atoms with Crippen molar-refractivity contribution in [3.8, 4) is 11.4 Å². The average Bonchev–Trinajstić information content (AvgIpc) is 3.52. The molecule has 2 aliphatic rings. The number of aromatic nitrogens is 3. The Hall–Kier alpha value is -3.76. The number of hydrogen-bond acceptors (Lipinski definition) is 7. The number of fused-ring (bicyclic) bond motifs is 2. The lowest BCUT2D eigenvalue weighted by Gasteiger charge is -2.35. The Morgan fingerprint density at radius 2 is 1.85 bits per heavy atom. The van der Waals surface area contributed by atoms with Crippen molar-refractivity contribution in [3.63, 3.8) is 0 Å². The Morgan fingerprint density at radius 3 is 2.55 bits per heavy atom. The number of nitrogens with one attached hydrogen (secondary N) is 1. The van der Waals surface area contributed by atoms with Crippen molar-refractivity contribution in [3.05, 3.63) is 71.0 Å². The summed E-state index contributed by atoms with van der Waals surface area (Å²) in [5.41, 5.74) is 4.57. The first-order valence-electron chi connectivity index (χ1n) is 13.4. The molecule has 1 N–H and O–H groups in total. The van der Waals surface area contributed by atoms with E-state index < -0.39 is 15.4 Å². The highest BCUT2D eigenvalue weighted by Gasteiger charge is 2.45. The summed E-state index contributed by atoms with van der Waals surface area (Å²) >= 11 is 0. The number of morpholine rings is 1. The molecule has 4 aromatic rings. The maximum Gasteiger partial charge on any atom is 0.254 e. The molecule has 1 unspecified atom stereocenters. The van der Waals surface area contributed by atoms with Crippen molar-refractivity contribution in [2.24, 2.45) is 0 Å². The van der Waals surface area contributed by atoms with Gasteiger partial charge in [-0.05, 0) is 63.6 Å². The predicted octanol–water partition coefficient (Wildman–Crippen LogP) is 4.45. The molecule has 2 aromatic heterocycles. The van der Waals surface area contributed by atoms with Gasteiger partial charge < -0.3 is 19.5 Å². The smallest absolute Gasteiger partial charge is 0.254 e. The molecule has 1 fully saturated rings. The third-order valence-corrected chi connectivity index (χ3v) is 9.27. The fourth-order valence-electron chi connectivity index (χ4n) is 5.83. The average molecular weight is 560 g/mol. The van der Waals surface area contributed by atoms with Gasteiger partial charge in [0.05, 0.1) is 41.9 Å². The van der Waals surface area contributed by atoms with Gasteiger partial charge >= 0.3 is 0 Å². The number of rotatable bonds is 4. The first-order valence-corrected chi connectivity index (χ1v) is 15.3. The summed E-state index contributed by atoms with van der Waals surface area (Å²) < 4.78 is 29.6. The second-order valence-electron chi connectivity index (χ2n) is 11.3. The molecule has 0 spiro atoms. The normalized spacial score (nSPS) is 18.8. The number of benzene rings is 2. The summed E-state index contributed by atoms with van der Waals surface area (Å²) in [5, 5.41) is 1.05. The van der Waals surface area contributed by atoms with Gasteiger partial charge in [-0.15, -0.1) is 0 Å². The molecule has 0 saturated carbocycles. The van der Waals surface area contributed by atoms with Crippen LogP contribution in [0.15, 0.2) is 53.6 Å². The topological polar surface area (TPSA) is 108 Å². The van der Waals surface area contributed by atoms with Crippen molar-refractivity contribution in [2.75, 3.05) is 30.9 Å². The van der Waals surface area contributed by atoms with Crippen LogP contribution in [0.5, 0.6) is 0 Å². The van der Waals surface area contributed by atoms with Crippen LogP contribution in [0, 0.1) is 6.92 Å². The van der Waals surface area contributed by atoms with Gasteiger partial charge in [0.1, 0.15) is 5.82 Å². The van der Waals surface area contributed by atoms with Crippen LogP contribution in [0.25, 0.3) is 22.3 Å². The van der Waals surface area contributed by atoms with Crippen molar-refractivity contribution < 1.29 is 17.9 Å². The Balaban J connectivity index is 1.48. The molecule has 1 atom stereocenters. The highest BCUT2D eigenvalue weighted by molar-refractivity contribution is 7.90. The minimum atomic E-state index is -3.36. The molecule has 1 amide bonds. The molecule has 2 aromatic carbocycles. The van der Waals surface area contributed by atoms with Crippen LogP contribution >= 0.6 is 0 Å². The van der Waals surface area contributed by atoms with Crippen molar-refractivity contribution in [2.45, 2.75) is 50.7 Å². The molecule has 2 aliphatic heterocycles. The van der Waals surface area contributed by atoms with E-state index in [4.69, 9.17) is 14.7 Å². The Morgan fingerprint density at radius 1 is 1.10 bits per heavy atom. The van der Waals surface area contributed by atoms with E-state index in [0.29, 0.717) is 37.7 Å². The largest absolute Gasteiger partial charge is 0.377 e. The van der Waals surface area contributed by atoms with Crippen LogP contribution in [0.2, 0.25) is 0 Å². The number of sulfone groups is 1. The van der Waals surface area contributed by atoms with Crippen molar-refractivity contribution in [1.29, 1.82) is 0 Å². The molecular weight excluding hydrogens is 526 g/mol. The summed E-state index contributed by atoms with van der Waals surface area (Å²) in [6.07, 6.45) is 3.09. The van der Waals surface area contributed by atoms with E-state index >= 15 is 0 Å². The van der Waals surface area contributed by atoms with Crippen LogP contribution < -0.4 is 4.90 Å². The van der Waals surface area contributed by atoms with E-state index in [0.717, 1.165) is 45.4 Å². The number of nitrogens with zero attached hydrogens (tertiary/aromatic N) is 4. The third kappa shape index (κ3) is 4.26. The van der Waals surface area contributed by atoms with E-state index in [1.54, 1.807) is 17.0 Å². The standard InChI is InChI=1S/C30H33N5O4S/c1-18-6-11-23(22-12-13-31-25(18)22)27-32-26-24(28(33-27)34-14-15-39-17-19(34)2)16-35(30(26,3)4)29(36)20-7-9-21(10-8-20)40(5,37)38/h6-13,19,31H,14-17H2,1-5H3. The minimum absolute atomic E-state index is 0.113. The van der Waals surface area contributed by atoms with Gasteiger partial charge in [-0.3, -0.25) is 4.79 Å². The highest BCUT2D eigenvalue weighted by Crippen LogP contribution is 2.44. The zero-order chi connectivity index (χ0) is 28.4. The number of aromatic amines is 1. The van der Waals surface area contributed by atoms with Gasteiger partial charge in [0.15, 0.2) is 15.7 Å². The summed E-state index contributed by atoms with van der Waals surface area (Å²) in [4.78, 5) is 31.7. The highest BCUT2D eigenvalue weighted by atomic mass is 32.2. The summed E-state index contributed by atoms with van der Waals surface area (Å²) in [7, 11) is -3.36. The van der Waals surface area contributed by atoms with Crippen LogP contribution in [-0.2, 0) is 26.7 Å². The van der Waals surface area contributed by atoms with Crippen LogP contribution in [0.3, 0.4) is 0 Å². The minimum Gasteiger partial charge on any atom is -0.377 e. The molecule has 10 heteroatoms. The van der Waals surface area contributed by atoms with Crippen LogP contribution in [0.1, 0.15) is 48.0 Å². The molecule has 208 valence electrons. The molecule has 0 bridgehead atoms. The Bertz CT molecular complexity index is 1740. The quantitative estimate of drug-likeness (QED) is 0.393. The first kappa shape index (κ1) is 26.5. The second-order valence-corrected chi connectivity index (χ2v) is 13.3. The number of ether oxygens (including phenoxy) is 1. The molecule has 4 heterocycles. The summed E-state index contributed by atoms with van der Waals surface area (Å²) in [5.74, 6) is 1.27. The van der Waals surface area contributed by atoms with Crippen LogP contribution in [-0.4, -0.2) is 66.2 Å². The zero-order valence-corrected chi connectivity index (χ0v) is 24.2. The number of carbonyl (C=O) groups excluding carboxylic acids is 1. The van der Waals surface area contributed by atoms with E-state index in [-0.39, 0.29) is 16.8 Å². The lowest BCUT2D eigenvalue weighted by atomic mass is 9.98. The SMILES string of the molecule is Cc1ccc(-c2nc(N3CCOCC3C)c3c(n2)C(C)(C)N(C(=O)c2ccc(S(C)(=O)=O)cc2)C3)c2cc[nH]c12. The fraction of sp³-hybridized carbons (Fsp3) is 0.367. The zero-order valence-electron chi connectivity index (χ0n) is 23.4. The molecule has 6 rings (SSSR count). The van der Waals surface area contributed by atoms with E-state index in [1.165, 1.54) is 12.1 Å². The van der Waals surface area contributed by atoms with Gasteiger partial charge in [0, 0.05) is 46.6 Å². The van der Waals surface area contributed by atoms with Crippen molar-refractivity contribution >= 4 is 32.5 Å². The number of hydrogen-bond donors (Lipinski definition) is 1. The number of amides is 1. The first-order chi connectivity index (χ1) is 19.0. The number of carbonyl (C=O) groups is 1. The maximum absolute atomic E-state index is 13.9. The molecule has 9 nitrogen and oxygen atoms in total. The Kier molecular flexibility index (Phi) is 6.23. The maximum atomic E-state index is 13.9. The number of anilines is 1. The molecule has 0 aliphatic carbocycles. The lowest BCUT2D eigenvalue weighted by molar-refractivity contribution is 0.0570. The number of H-pyrrole nitrogens is 1. The molecule has 0 radical (unpaired) electrons. The van der Waals surface area contributed by atoms with Gasteiger partial charge in [-0.25, -0.2) is 18.4 Å². The molecular formula is C30H33N5O4S. The van der Waals surface area contributed by atoms with Gasteiger partial charge in [-0.2, -0.15) is 0 Å². The van der Waals surface area contributed by atoms with Crippen molar-refractivity contribution in [1.82, 2.24) is 19.9 Å². The van der Waals surface area contributed by atoms with E-state index in [2.05, 4.69) is 35.9 Å². The van der Waals surface area contributed by atoms with E-state index in [9.17, 15) is 13.2 Å². The predicted molar refractivity (Wildman–Crippen MR) is 154 cm³/mol. The molecule has 1 saturated heterocycles. The molecule has 40 heavy (non-hydrogen) atoms. The van der Waals surface area contributed by atoms with Gasteiger partial charge in [0.25, 0.3) is 5.91 Å². The second kappa shape index (κ2) is 9.42. The Labute approximate surface area is 234 Å². The summed E-state index contributed by atoms with van der Waals surface area (Å²) in [6.45, 7) is 10.4.